The van der Waals surface area contributed by atoms with Crippen molar-refractivity contribution in [1.29, 1.82) is 0 Å². The summed E-state index contributed by atoms with van der Waals surface area (Å²) in [5.74, 6) is 1.02. The predicted octanol–water partition coefficient (Wildman–Crippen LogP) is 2.64. The summed E-state index contributed by atoms with van der Waals surface area (Å²) in [4.78, 5) is 7.96. The van der Waals surface area contributed by atoms with Gasteiger partial charge in [-0.15, -0.1) is 0 Å². The molecule has 0 unspecified atom stereocenters. The van der Waals surface area contributed by atoms with Crippen molar-refractivity contribution < 1.29 is 4.74 Å². The zero-order chi connectivity index (χ0) is 11.0. The minimum Gasteiger partial charge on any atom is -0.497 e. The number of benzene rings is 1. The van der Waals surface area contributed by atoms with Crippen LogP contribution in [0.4, 0.5) is 5.82 Å². The van der Waals surface area contributed by atoms with Crippen LogP contribution in [0.1, 0.15) is 0 Å². The zero-order valence-electron chi connectivity index (χ0n) is 7.79. The topological polar surface area (TPSA) is 61.0 Å². The largest absolute Gasteiger partial charge is 0.497 e. The van der Waals surface area contributed by atoms with Crippen LogP contribution >= 0.6 is 27.5 Å². The molecule has 0 amide bonds. The highest BCUT2D eigenvalue weighted by atomic mass is 79.9. The van der Waals surface area contributed by atoms with Crippen molar-refractivity contribution in [3.05, 3.63) is 21.9 Å². The van der Waals surface area contributed by atoms with Gasteiger partial charge in [0.25, 0.3) is 0 Å². The maximum atomic E-state index is 5.74. The Bertz CT molecular complexity index is 532. The molecular formula is C9H7BrClN3O. The van der Waals surface area contributed by atoms with E-state index in [4.69, 9.17) is 22.1 Å². The Balaban J connectivity index is 2.85. The summed E-state index contributed by atoms with van der Waals surface area (Å²) in [5.41, 5.74) is 6.41. The van der Waals surface area contributed by atoms with Gasteiger partial charge in [-0.2, -0.15) is 0 Å². The van der Waals surface area contributed by atoms with E-state index in [9.17, 15) is 0 Å². The van der Waals surface area contributed by atoms with E-state index in [-0.39, 0.29) is 5.28 Å². The van der Waals surface area contributed by atoms with E-state index in [0.29, 0.717) is 22.5 Å². The van der Waals surface area contributed by atoms with E-state index in [1.54, 1.807) is 19.2 Å². The maximum Gasteiger partial charge on any atom is 0.224 e. The highest BCUT2D eigenvalue weighted by Gasteiger charge is 2.09. The monoisotopic (exact) mass is 287 g/mol. The van der Waals surface area contributed by atoms with Crippen molar-refractivity contribution in [1.82, 2.24) is 9.97 Å². The molecule has 4 nitrogen and oxygen atoms in total. The molecule has 6 heteroatoms. The van der Waals surface area contributed by atoms with E-state index in [1.165, 1.54) is 0 Å². The van der Waals surface area contributed by atoms with Crippen molar-refractivity contribution in [3.8, 4) is 5.75 Å². The third-order valence-corrected chi connectivity index (χ3v) is 2.74. The lowest BCUT2D eigenvalue weighted by Crippen LogP contribution is -1.96. The third kappa shape index (κ3) is 1.85. The molecule has 0 saturated carbocycles. The highest BCUT2D eigenvalue weighted by molar-refractivity contribution is 9.10. The molecule has 0 aliphatic heterocycles. The second kappa shape index (κ2) is 3.83. The Morgan fingerprint density at radius 1 is 1.40 bits per heavy atom. The van der Waals surface area contributed by atoms with Crippen LogP contribution in [-0.2, 0) is 0 Å². The Labute approximate surface area is 99.5 Å². The number of nitrogens with two attached hydrogens (primary N) is 1. The van der Waals surface area contributed by atoms with Crippen molar-refractivity contribution in [2.24, 2.45) is 0 Å². The molecule has 0 atom stereocenters. The first-order valence-electron chi connectivity index (χ1n) is 4.08. The third-order valence-electron chi connectivity index (χ3n) is 1.97. The van der Waals surface area contributed by atoms with Crippen molar-refractivity contribution in [2.45, 2.75) is 0 Å². The molecule has 1 aromatic carbocycles. The molecule has 0 radical (unpaired) electrons. The Morgan fingerprint density at radius 2 is 2.13 bits per heavy atom. The molecule has 0 aliphatic carbocycles. The average molecular weight is 289 g/mol. The molecule has 78 valence electrons. The van der Waals surface area contributed by atoms with E-state index >= 15 is 0 Å². The lowest BCUT2D eigenvalue weighted by Gasteiger charge is -2.06. The number of halogens is 2. The Morgan fingerprint density at radius 3 is 2.80 bits per heavy atom. The second-order valence-corrected chi connectivity index (χ2v) is 4.08. The first-order chi connectivity index (χ1) is 7.11. The number of fused-ring (bicyclic) bond motifs is 1. The molecule has 0 saturated heterocycles. The summed E-state index contributed by atoms with van der Waals surface area (Å²) in [6.45, 7) is 0. The van der Waals surface area contributed by atoms with Crippen LogP contribution in [0.25, 0.3) is 10.9 Å². The van der Waals surface area contributed by atoms with E-state index in [2.05, 4.69) is 25.9 Å². The van der Waals surface area contributed by atoms with Gasteiger partial charge in [-0.3, -0.25) is 0 Å². The number of rotatable bonds is 1. The van der Waals surface area contributed by atoms with Crippen LogP contribution in [0.5, 0.6) is 5.75 Å². The van der Waals surface area contributed by atoms with Gasteiger partial charge in [-0.1, -0.05) is 0 Å². The van der Waals surface area contributed by atoms with E-state index < -0.39 is 0 Å². The summed E-state index contributed by atoms with van der Waals surface area (Å²) in [7, 11) is 1.58. The number of hydrogen-bond acceptors (Lipinski definition) is 4. The van der Waals surface area contributed by atoms with Gasteiger partial charge in [-0.25, -0.2) is 9.97 Å². The SMILES string of the molecule is COc1cc(Br)c2nc(Cl)nc(N)c2c1. The van der Waals surface area contributed by atoms with Gasteiger partial charge in [0, 0.05) is 9.86 Å². The fourth-order valence-electron chi connectivity index (χ4n) is 1.28. The molecule has 15 heavy (non-hydrogen) atoms. The van der Waals surface area contributed by atoms with Crippen LogP contribution in [0.2, 0.25) is 5.28 Å². The lowest BCUT2D eigenvalue weighted by molar-refractivity contribution is 0.415. The molecule has 0 spiro atoms. The molecule has 2 aromatic rings. The molecule has 0 aliphatic rings. The van der Waals surface area contributed by atoms with Gasteiger partial charge in [0.1, 0.15) is 11.6 Å². The Kier molecular flexibility index (Phi) is 2.67. The van der Waals surface area contributed by atoms with Crippen LogP contribution in [0, 0.1) is 0 Å². The predicted molar refractivity (Wildman–Crippen MR) is 63.2 cm³/mol. The van der Waals surface area contributed by atoms with Crippen LogP contribution in [0.15, 0.2) is 16.6 Å². The van der Waals surface area contributed by atoms with Crippen molar-refractivity contribution in [2.75, 3.05) is 12.8 Å². The average Bonchev–Trinajstić information content (AvgIpc) is 2.19. The molecule has 0 bridgehead atoms. The number of ether oxygens (including phenoxy) is 1. The number of hydrogen-bond donors (Lipinski definition) is 1. The number of nitrogens with zero attached hydrogens (tertiary/aromatic N) is 2. The first-order valence-corrected chi connectivity index (χ1v) is 5.25. The minimum atomic E-state index is 0.130. The molecule has 1 aromatic heterocycles. The molecule has 1 heterocycles. The zero-order valence-corrected chi connectivity index (χ0v) is 10.1. The fourth-order valence-corrected chi connectivity index (χ4v) is 1.98. The minimum absolute atomic E-state index is 0.130. The van der Waals surface area contributed by atoms with Gasteiger partial charge >= 0.3 is 0 Å². The molecular weight excluding hydrogens is 281 g/mol. The van der Waals surface area contributed by atoms with Gasteiger partial charge < -0.3 is 10.5 Å². The van der Waals surface area contributed by atoms with Crippen LogP contribution in [-0.4, -0.2) is 17.1 Å². The van der Waals surface area contributed by atoms with Gasteiger partial charge in [0.15, 0.2) is 0 Å². The second-order valence-electron chi connectivity index (χ2n) is 2.88. The molecule has 0 fully saturated rings. The smallest absolute Gasteiger partial charge is 0.224 e. The summed E-state index contributed by atoms with van der Waals surface area (Å²) < 4.78 is 5.89. The number of aromatic nitrogens is 2. The van der Waals surface area contributed by atoms with E-state index in [0.717, 1.165) is 4.47 Å². The van der Waals surface area contributed by atoms with Gasteiger partial charge in [-0.05, 0) is 39.7 Å². The number of anilines is 1. The first kappa shape index (κ1) is 10.4. The highest BCUT2D eigenvalue weighted by Crippen LogP contribution is 2.31. The summed E-state index contributed by atoms with van der Waals surface area (Å²) in [6.07, 6.45) is 0. The van der Waals surface area contributed by atoms with Crippen LogP contribution < -0.4 is 10.5 Å². The summed E-state index contributed by atoms with van der Waals surface area (Å²) in [5, 5.41) is 0.844. The summed E-state index contributed by atoms with van der Waals surface area (Å²) >= 11 is 9.09. The quantitative estimate of drug-likeness (QED) is 0.820. The summed E-state index contributed by atoms with van der Waals surface area (Å²) in [6, 6.07) is 3.57. The van der Waals surface area contributed by atoms with Gasteiger partial charge in [0.2, 0.25) is 5.28 Å². The molecule has 2 N–H and O–H groups in total. The maximum absolute atomic E-state index is 5.74. The van der Waals surface area contributed by atoms with Crippen molar-refractivity contribution in [3.63, 3.8) is 0 Å². The van der Waals surface area contributed by atoms with E-state index in [1.807, 2.05) is 0 Å². The lowest BCUT2D eigenvalue weighted by atomic mass is 10.2. The number of nitrogen functional groups attached to an aromatic ring is 1. The fraction of sp³-hybridized carbons (Fsp3) is 0.111. The normalized spacial score (nSPS) is 10.6. The van der Waals surface area contributed by atoms with Crippen LogP contribution in [0.3, 0.4) is 0 Å². The standard InChI is InChI=1S/C9H7BrClN3O/c1-15-4-2-5-7(6(10)3-4)13-9(11)14-8(5)12/h2-3H,1H3,(H2,12,13,14). The molecule has 2 rings (SSSR count). The van der Waals surface area contributed by atoms with Crippen molar-refractivity contribution >= 4 is 44.3 Å². The van der Waals surface area contributed by atoms with Gasteiger partial charge in [0.05, 0.1) is 12.6 Å². The Hall–Kier alpha value is -1.07. The number of methoxy groups -OCH3 is 1.